The van der Waals surface area contributed by atoms with Gasteiger partial charge in [-0.25, -0.2) is 9.78 Å². The van der Waals surface area contributed by atoms with E-state index in [4.69, 9.17) is 9.72 Å². The maximum atomic E-state index is 13.3. The number of rotatable bonds is 5. The number of methoxy groups -OCH3 is 1. The van der Waals surface area contributed by atoms with Crippen LogP contribution in [0.25, 0.3) is 22.2 Å². The van der Waals surface area contributed by atoms with Gasteiger partial charge in [-0.05, 0) is 18.2 Å². The highest BCUT2D eigenvalue weighted by Crippen LogP contribution is 2.25. The maximum Gasteiger partial charge on any atom is 0.333 e. The van der Waals surface area contributed by atoms with Gasteiger partial charge in [0.2, 0.25) is 0 Å². The first kappa shape index (κ1) is 19.3. The van der Waals surface area contributed by atoms with Crippen LogP contribution in [0.15, 0.2) is 85.2 Å². The van der Waals surface area contributed by atoms with Gasteiger partial charge >= 0.3 is 5.97 Å². The van der Waals surface area contributed by atoms with Crippen molar-refractivity contribution in [3.8, 4) is 11.3 Å². The van der Waals surface area contributed by atoms with Crippen molar-refractivity contribution in [1.82, 2.24) is 15.3 Å². The number of nitrogens with zero attached hydrogens (tertiary/aromatic N) is 2. The van der Waals surface area contributed by atoms with E-state index < -0.39 is 17.9 Å². The lowest BCUT2D eigenvalue weighted by atomic mass is 10.0. The number of esters is 1. The summed E-state index contributed by atoms with van der Waals surface area (Å²) in [6, 6.07) is 21.2. The quantitative estimate of drug-likeness (QED) is 0.516. The number of ether oxygens (including phenoxy) is 1. The summed E-state index contributed by atoms with van der Waals surface area (Å²) in [6.45, 7) is 0. The Morgan fingerprint density at radius 3 is 2.47 bits per heavy atom. The summed E-state index contributed by atoms with van der Waals surface area (Å²) in [7, 11) is 1.28. The molecule has 0 spiro atoms. The Hall–Kier alpha value is -4.06. The number of hydrogen-bond donors (Lipinski definition) is 1. The Morgan fingerprint density at radius 1 is 0.967 bits per heavy atom. The van der Waals surface area contributed by atoms with Crippen LogP contribution in [-0.2, 0) is 9.53 Å². The van der Waals surface area contributed by atoms with E-state index in [2.05, 4.69) is 10.3 Å². The first-order valence-electron chi connectivity index (χ1n) is 9.41. The smallest absolute Gasteiger partial charge is 0.333 e. The number of carbonyl (C=O) groups excluding carboxylic acids is 2. The number of amides is 1. The molecule has 2 heterocycles. The van der Waals surface area contributed by atoms with Crippen LogP contribution in [0.3, 0.4) is 0 Å². The third kappa shape index (κ3) is 3.89. The Labute approximate surface area is 173 Å². The van der Waals surface area contributed by atoms with E-state index >= 15 is 0 Å². The van der Waals surface area contributed by atoms with Crippen LogP contribution in [0.2, 0.25) is 0 Å². The molecule has 6 heteroatoms. The van der Waals surface area contributed by atoms with Gasteiger partial charge in [0.1, 0.15) is 0 Å². The topological polar surface area (TPSA) is 81.2 Å². The molecule has 0 saturated heterocycles. The van der Waals surface area contributed by atoms with Crippen molar-refractivity contribution in [3.05, 3.63) is 96.3 Å². The molecule has 30 heavy (non-hydrogen) atoms. The number of carbonyl (C=O) groups is 2. The summed E-state index contributed by atoms with van der Waals surface area (Å²) in [5.74, 6) is -0.969. The van der Waals surface area contributed by atoms with Crippen LogP contribution in [0.1, 0.15) is 22.0 Å². The molecular formula is C24H19N3O3. The SMILES string of the molecule is COC(=O)C(NC(=O)c1cc(-c2ccccc2)nc2ccccc12)c1cccnc1. The van der Waals surface area contributed by atoms with Gasteiger partial charge in [0.05, 0.1) is 23.9 Å². The average Bonchev–Trinajstić information content (AvgIpc) is 2.82. The molecular weight excluding hydrogens is 378 g/mol. The second kappa shape index (κ2) is 8.53. The molecule has 0 saturated carbocycles. The Balaban J connectivity index is 1.77. The third-order valence-corrected chi connectivity index (χ3v) is 4.76. The van der Waals surface area contributed by atoms with Gasteiger partial charge in [0.25, 0.3) is 5.91 Å². The normalized spacial score (nSPS) is 11.6. The van der Waals surface area contributed by atoms with E-state index in [1.165, 1.54) is 13.3 Å². The third-order valence-electron chi connectivity index (χ3n) is 4.76. The Bertz CT molecular complexity index is 1190. The van der Waals surface area contributed by atoms with Gasteiger partial charge in [-0.2, -0.15) is 0 Å². The van der Waals surface area contributed by atoms with Crippen molar-refractivity contribution >= 4 is 22.8 Å². The highest BCUT2D eigenvalue weighted by atomic mass is 16.5. The lowest BCUT2D eigenvalue weighted by Crippen LogP contribution is -2.34. The molecule has 0 aliphatic rings. The van der Waals surface area contributed by atoms with E-state index in [1.54, 1.807) is 24.4 Å². The van der Waals surface area contributed by atoms with Gasteiger partial charge in [-0.15, -0.1) is 0 Å². The number of benzene rings is 2. The van der Waals surface area contributed by atoms with Crippen molar-refractivity contribution in [2.24, 2.45) is 0 Å². The van der Waals surface area contributed by atoms with E-state index in [0.717, 1.165) is 5.56 Å². The number of fused-ring (bicyclic) bond motifs is 1. The minimum Gasteiger partial charge on any atom is -0.467 e. The zero-order valence-electron chi connectivity index (χ0n) is 16.3. The minimum atomic E-state index is -0.969. The number of aromatic nitrogens is 2. The fourth-order valence-electron chi connectivity index (χ4n) is 3.27. The van der Waals surface area contributed by atoms with Crippen molar-refractivity contribution in [3.63, 3.8) is 0 Å². The van der Waals surface area contributed by atoms with Crippen LogP contribution >= 0.6 is 0 Å². The van der Waals surface area contributed by atoms with Gasteiger partial charge in [-0.1, -0.05) is 54.6 Å². The van der Waals surface area contributed by atoms with Crippen LogP contribution in [-0.4, -0.2) is 29.0 Å². The van der Waals surface area contributed by atoms with Crippen molar-refractivity contribution < 1.29 is 14.3 Å². The molecule has 0 aliphatic carbocycles. The van der Waals surface area contributed by atoms with Gasteiger partial charge < -0.3 is 10.1 Å². The maximum absolute atomic E-state index is 13.3. The van der Waals surface area contributed by atoms with Crippen molar-refractivity contribution in [2.45, 2.75) is 6.04 Å². The summed E-state index contributed by atoms with van der Waals surface area (Å²) < 4.78 is 4.89. The molecule has 0 bridgehead atoms. The summed E-state index contributed by atoms with van der Waals surface area (Å²) in [6.07, 6.45) is 3.13. The standard InChI is InChI=1S/C24H19N3O3/c1-30-24(29)22(17-10-7-13-25-15-17)27-23(28)19-14-21(16-8-3-2-4-9-16)26-20-12-6-5-11-18(19)20/h2-15,22H,1H3,(H,27,28). The average molecular weight is 397 g/mol. The monoisotopic (exact) mass is 397 g/mol. The zero-order chi connectivity index (χ0) is 20.9. The van der Waals surface area contributed by atoms with Gasteiger partial charge in [0, 0.05) is 28.9 Å². The lowest BCUT2D eigenvalue weighted by Gasteiger charge is -2.17. The molecule has 4 rings (SSSR count). The molecule has 0 fully saturated rings. The fourth-order valence-corrected chi connectivity index (χ4v) is 3.27. The first-order valence-corrected chi connectivity index (χ1v) is 9.41. The van der Waals surface area contributed by atoms with E-state index in [-0.39, 0.29) is 0 Å². The van der Waals surface area contributed by atoms with Gasteiger partial charge in [0.15, 0.2) is 6.04 Å². The highest BCUT2D eigenvalue weighted by Gasteiger charge is 2.25. The minimum absolute atomic E-state index is 0.398. The summed E-state index contributed by atoms with van der Waals surface area (Å²) in [5.41, 5.74) is 3.24. The second-order valence-electron chi connectivity index (χ2n) is 6.65. The van der Waals surface area contributed by atoms with Crippen molar-refractivity contribution in [1.29, 1.82) is 0 Å². The lowest BCUT2D eigenvalue weighted by molar-refractivity contribution is -0.143. The van der Waals surface area contributed by atoms with Crippen LogP contribution in [0, 0.1) is 0 Å². The molecule has 1 atom stereocenters. The number of para-hydroxylation sites is 1. The molecule has 2 aromatic heterocycles. The van der Waals surface area contributed by atoms with Crippen LogP contribution in [0.4, 0.5) is 0 Å². The van der Waals surface area contributed by atoms with Crippen LogP contribution in [0.5, 0.6) is 0 Å². The molecule has 1 unspecified atom stereocenters. The Morgan fingerprint density at radius 2 is 1.73 bits per heavy atom. The number of hydrogen-bond acceptors (Lipinski definition) is 5. The van der Waals surface area contributed by atoms with Crippen molar-refractivity contribution in [2.75, 3.05) is 7.11 Å². The molecule has 1 N–H and O–H groups in total. The van der Waals surface area contributed by atoms with E-state index in [1.807, 2.05) is 54.6 Å². The van der Waals surface area contributed by atoms with Gasteiger partial charge in [-0.3, -0.25) is 9.78 Å². The number of nitrogens with one attached hydrogen (secondary N) is 1. The van der Waals surface area contributed by atoms with E-state index in [9.17, 15) is 9.59 Å². The predicted molar refractivity (Wildman–Crippen MR) is 114 cm³/mol. The first-order chi connectivity index (χ1) is 14.7. The zero-order valence-corrected chi connectivity index (χ0v) is 16.3. The summed E-state index contributed by atoms with van der Waals surface area (Å²) >= 11 is 0. The van der Waals surface area contributed by atoms with Crippen LogP contribution < -0.4 is 5.32 Å². The number of pyridine rings is 2. The summed E-state index contributed by atoms with van der Waals surface area (Å²) in [5, 5.41) is 3.49. The molecule has 2 aromatic carbocycles. The largest absolute Gasteiger partial charge is 0.467 e. The molecule has 0 aliphatic heterocycles. The Kier molecular flexibility index (Phi) is 5.48. The van der Waals surface area contributed by atoms with E-state index in [0.29, 0.717) is 27.7 Å². The molecule has 0 radical (unpaired) electrons. The molecule has 1 amide bonds. The molecule has 4 aromatic rings. The summed E-state index contributed by atoms with van der Waals surface area (Å²) in [4.78, 5) is 34.4. The molecule has 148 valence electrons. The molecule has 6 nitrogen and oxygen atoms in total. The fraction of sp³-hybridized carbons (Fsp3) is 0.0833. The second-order valence-corrected chi connectivity index (χ2v) is 6.65. The predicted octanol–water partition coefficient (Wildman–Crippen LogP) is 3.94. The highest BCUT2D eigenvalue weighted by molar-refractivity contribution is 6.08.